The topological polar surface area (TPSA) is 64.3 Å². The maximum absolute atomic E-state index is 15.0. The zero-order valence-electron chi connectivity index (χ0n) is 14.1. The molecule has 3 rings (SSSR count). The summed E-state index contributed by atoms with van der Waals surface area (Å²) < 4.78 is 22.4. The summed E-state index contributed by atoms with van der Waals surface area (Å²) in [6, 6.07) is 7.81. The van der Waals surface area contributed by atoms with Crippen molar-refractivity contribution < 1.29 is 9.13 Å². The third-order valence-corrected chi connectivity index (χ3v) is 4.77. The van der Waals surface area contributed by atoms with Gasteiger partial charge in [-0.2, -0.15) is 5.10 Å². The monoisotopic (exact) mass is 450 g/mol. The Bertz CT molecular complexity index is 1100. The van der Waals surface area contributed by atoms with E-state index in [0.717, 1.165) is 0 Å². The molecule has 1 heterocycles. The lowest BCUT2D eigenvalue weighted by Gasteiger charge is -2.12. The molecule has 27 heavy (non-hydrogen) atoms. The smallest absolute Gasteiger partial charge is 0.343 e. The molecule has 0 saturated carbocycles. The zero-order chi connectivity index (χ0) is 19.6. The standard InChI is InChI=1S/C18H13BrClFN4O2/c1-22-12-7-11(20)8-13(9-12)27-17-14(19)5-3-10(16(17)21)4-6-15-23-24-18(26)25(15)2/h3,5,7-9H,4,6H2,2H3,(H,24,26). The summed E-state index contributed by atoms with van der Waals surface area (Å²) in [5.41, 5.74) is 0.391. The molecule has 0 bridgehead atoms. The Labute approximate surface area is 167 Å². The highest BCUT2D eigenvalue weighted by Gasteiger charge is 2.16. The Morgan fingerprint density at radius 2 is 2.15 bits per heavy atom. The van der Waals surface area contributed by atoms with Gasteiger partial charge >= 0.3 is 5.69 Å². The molecule has 1 N–H and O–H groups in total. The van der Waals surface area contributed by atoms with E-state index < -0.39 is 5.82 Å². The fourth-order valence-electron chi connectivity index (χ4n) is 2.50. The number of rotatable bonds is 5. The minimum atomic E-state index is -0.533. The Hall–Kier alpha value is -2.63. The van der Waals surface area contributed by atoms with Gasteiger partial charge in [0.05, 0.1) is 11.0 Å². The van der Waals surface area contributed by atoms with Crippen molar-refractivity contribution in [3.63, 3.8) is 0 Å². The van der Waals surface area contributed by atoms with Gasteiger partial charge in [0.1, 0.15) is 11.6 Å². The fraction of sp³-hybridized carbons (Fsp3) is 0.167. The molecular weight excluding hydrogens is 439 g/mol. The molecule has 0 aliphatic rings. The average molecular weight is 452 g/mol. The van der Waals surface area contributed by atoms with E-state index in [4.69, 9.17) is 22.9 Å². The van der Waals surface area contributed by atoms with Crippen LogP contribution in [0.5, 0.6) is 11.5 Å². The van der Waals surface area contributed by atoms with Gasteiger partial charge in [0.2, 0.25) is 0 Å². The van der Waals surface area contributed by atoms with Crippen LogP contribution in [0.15, 0.2) is 39.6 Å². The van der Waals surface area contributed by atoms with Gasteiger partial charge < -0.3 is 4.74 Å². The molecule has 0 unspecified atom stereocenters. The summed E-state index contributed by atoms with van der Waals surface area (Å²) in [7, 11) is 1.60. The lowest BCUT2D eigenvalue weighted by molar-refractivity contribution is 0.435. The minimum Gasteiger partial charge on any atom is -0.454 e. The van der Waals surface area contributed by atoms with E-state index in [1.54, 1.807) is 19.2 Å². The summed E-state index contributed by atoms with van der Waals surface area (Å²) in [5.74, 6) is 0.261. The molecule has 0 saturated heterocycles. The molecular formula is C18H13BrClFN4O2. The molecule has 0 aliphatic heterocycles. The molecule has 0 amide bonds. The van der Waals surface area contributed by atoms with E-state index in [2.05, 4.69) is 31.0 Å². The van der Waals surface area contributed by atoms with E-state index in [-0.39, 0.29) is 17.2 Å². The SMILES string of the molecule is [C-]#[N+]c1cc(Cl)cc(Oc2c(Br)ccc(CCc3n[nH]c(=O)n3C)c2F)c1. The van der Waals surface area contributed by atoms with Gasteiger partial charge in [0.15, 0.2) is 17.3 Å². The van der Waals surface area contributed by atoms with Crippen LogP contribution in [0.3, 0.4) is 0 Å². The van der Waals surface area contributed by atoms with Crippen LogP contribution in [0, 0.1) is 12.4 Å². The summed E-state index contributed by atoms with van der Waals surface area (Å²) >= 11 is 9.26. The number of hydrogen-bond acceptors (Lipinski definition) is 3. The van der Waals surface area contributed by atoms with Crippen LogP contribution >= 0.6 is 27.5 Å². The number of nitrogens with one attached hydrogen (secondary N) is 1. The van der Waals surface area contributed by atoms with Crippen LogP contribution in [-0.4, -0.2) is 14.8 Å². The summed E-state index contributed by atoms with van der Waals surface area (Å²) in [5, 5.41) is 6.59. The molecule has 6 nitrogen and oxygen atoms in total. The van der Waals surface area contributed by atoms with Crippen LogP contribution in [0.4, 0.5) is 10.1 Å². The number of aromatic nitrogens is 3. The second-order valence-corrected chi connectivity index (χ2v) is 7.00. The molecule has 2 aromatic carbocycles. The van der Waals surface area contributed by atoms with Crippen molar-refractivity contribution >= 4 is 33.2 Å². The second kappa shape index (κ2) is 7.94. The number of ether oxygens (including phenoxy) is 1. The highest BCUT2D eigenvalue weighted by atomic mass is 79.9. The molecule has 0 spiro atoms. The van der Waals surface area contributed by atoms with Crippen LogP contribution in [0.2, 0.25) is 5.02 Å². The third kappa shape index (κ3) is 4.21. The number of nitrogens with zero attached hydrogens (tertiary/aromatic N) is 3. The predicted molar refractivity (Wildman–Crippen MR) is 103 cm³/mol. The fourth-order valence-corrected chi connectivity index (χ4v) is 3.11. The number of benzene rings is 2. The first-order valence-electron chi connectivity index (χ1n) is 7.82. The minimum absolute atomic E-state index is 0.00149. The lowest BCUT2D eigenvalue weighted by Crippen LogP contribution is -2.15. The van der Waals surface area contributed by atoms with E-state index in [1.165, 1.54) is 22.8 Å². The van der Waals surface area contributed by atoms with Crippen molar-refractivity contribution in [2.45, 2.75) is 12.8 Å². The van der Waals surface area contributed by atoms with Gasteiger partial charge in [0, 0.05) is 18.5 Å². The third-order valence-electron chi connectivity index (χ3n) is 3.92. The van der Waals surface area contributed by atoms with Crippen molar-refractivity contribution in [3.8, 4) is 11.5 Å². The Morgan fingerprint density at radius 3 is 2.81 bits per heavy atom. The Balaban J connectivity index is 1.87. The maximum Gasteiger partial charge on any atom is 0.343 e. The quantitative estimate of drug-likeness (QED) is 0.567. The van der Waals surface area contributed by atoms with Gasteiger partial charge in [-0.25, -0.2) is 19.1 Å². The van der Waals surface area contributed by atoms with Crippen molar-refractivity contribution in [1.82, 2.24) is 14.8 Å². The van der Waals surface area contributed by atoms with Gasteiger partial charge in [0.25, 0.3) is 0 Å². The van der Waals surface area contributed by atoms with E-state index in [1.807, 2.05) is 0 Å². The van der Waals surface area contributed by atoms with Crippen LogP contribution in [0.1, 0.15) is 11.4 Å². The average Bonchev–Trinajstić information content (AvgIpc) is 2.96. The van der Waals surface area contributed by atoms with E-state index in [9.17, 15) is 9.18 Å². The van der Waals surface area contributed by atoms with Crippen molar-refractivity contribution in [1.29, 1.82) is 0 Å². The van der Waals surface area contributed by atoms with Crippen molar-refractivity contribution in [2.24, 2.45) is 7.05 Å². The highest BCUT2D eigenvalue weighted by molar-refractivity contribution is 9.10. The Morgan fingerprint density at radius 1 is 1.37 bits per heavy atom. The first-order valence-corrected chi connectivity index (χ1v) is 8.99. The van der Waals surface area contributed by atoms with E-state index in [0.29, 0.717) is 39.4 Å². The largest absolute Gasteiger partial charge is 0.454 e. The second-order valence-electron chi connectivity index (χ2n) is 5.71. The van der Waals surface area contributed by atoms with Crippen LogP contribution < -0.4 is 10.4 Å². The normalized spacial score (nSPS) is 10.6. The number of H-pyrrole nitrogens is 1. The molecule has 1 aromatic heterocycles. The molecule has 3 aromatic rings. The van der Waals surface area contributed by atoms with Crippen LogP contribution in [-0.2, 0) is 19.9 Å². The zero-order valence-corrected chi connectivity index (χ0v) is 16.4. The molecule has 0 fully saturated rings. The van der Waals surface area contributed by atoms with Gasteiger partial charge in [-0.05, 0) is 52.2 Å². The number of aromatic amines is 1. The summed E-state index contributed by atoms with van der Waals surface area (Å²) in [6.07, 6.45) is 0.711. The molecule has 0 aliphatic carbocycles. The van der Waals surface area contributed by atoms with Gasteiger partial charge in [-0.15, -0.1) is 0 Å². The lowest BCUT2D eigenvalue weighted by atomic mass is 10.1. The molecule has 0 atom stereocenters. The van der Waals surface area contributed by atoms with Gasteiger partial charge in [-0.1, -0.05) is 17.7 Å². The van der Waals surface area contributed by atoms with Gasteiger partial charge in [-0.3, -0.25) is 4.57 Å². The molecule has 9 heteroatoms. The number of aryl methyl sites for hydroxylation is 2. The van der Waals surface area contributed by atoms with Crippen molar-refractivity contribution in [2.75, 3.05) is 0 Å². The summed E-state index contributed by atoms with van der Waals surface area (Å²) in [6.45, 7) is 7.09. The molecule has 138 valence electrons. The predicted octanol–water partition coefficient (Wildman–Crippen LogP) is 4.79. The van der Waals surface area contributed by atoms with E-state index >= 15 is 0 Å². The maximum atomic E-state index is 15.0. The first-order chi connectivity index (χ1) is 12.9. The Kier molecular flexibility index (Phi) is 5.63. The number of hydrogen-bond donors (Lipinski definition) is 1. The van der Waals surface area contributed by atoms with Crippen LogP contribution in [0.25, 0.3) is 4.85 Å². The number of halogens is 3. The summed E-state index contributed by atoms with van der Waals surface area (Å²) in [4.78, 5) is 14.7. The van der Waals surface area contributed by atoms with Crippen molar-refractivity contribution in [3.05, 3.63) is 78.9 Å². The first kappa shape index (κ1) is 19.1. The molecule has 0 radical (unpaired) electrons. The highest BCUT2D eigenvalue weighted by Crippen LogP contribution is 2.36.